The number of nitrogens with one attached hydrogen (secondary N) is 1. The maximum absolute atomic E-state index is 9.09. The van der Waals surface area contributed by atoms with Gasteiger partial charge in [0.05, 0.1) is 17.9 Å². The van der Waals surface area contributed by atoms with E-state index in [-0.39, 0.29) is 0 Å². The lowest BCUT2D eigenvalue weighted by atomic mass is 9.77. The lowest BCUT2D eigenvalue weighted by Crippen LogP contribution is -2.33. The summed E-state index contributed by atoms with van der Waals surface area (Å²) >= 11 is 0. The van der Waals surface area contributed by atoms with Gasteiger partial charge in [0.1, 0.15) is 0 Å². The van der Waals surface area contributed by atoms with E-state index in [2.05, 4.69) is 15.2 Å². The minimum Gasteiger partial charge on any atom is -0.423 e. The fraction of sp³-hybridized carbons (Fsp3) is 0.143. The van der Waals surface area contributed by atoms with Crippen molar-refractivity contribution in [3.8, 4) is 0 Å². The fourth-order valence-electron chi connectivity index (χ4n) is 1.36. The van der Waals surface area contributed by atoms with E-state index in [1.165, 1.54) is 0 Å². The molecule has 0 aliphatic heterocycles. The SMILES string of the molecule is Cc1ncc2[nH]ncc2c1B(O)O. The second-order valence-corrected chi connectivity index (χ2v) is 2.83. The van der Waals surface area contributed by atoms with E-state index in [1.807, 2.05) is 0 Å². The van der Waals surface area contributed by atoms with Crippen LogP contribution in [0.2, 0.25) is 0 Å². The predicted molar refractivity (Wildman–Crippen MR) is 48.5 cm³/mol. The lowest BCUT2D eigenvalue weighted by Gasteiger charge is -2.03. The van der Waals surface area contributed by atoms with Crippen LogP contribution in [0.5, 0.6) is 0 Å². The van der Waals surface area contributed by atoms with Crippen molar-refractivity contribution >= 4 is 23.5 Å². The Hall–Kier alpha value is -1.40. The third-order valence-electron chi connectivity index (χ3n) is 1.99. The number of aryl methyl sites for hydroxylation is 1. The van der Waals surface area contributed by atoms with E-state index < -0.39 is 7.12 Å². The molecule has 0 bridgehead atoms. The van der Waals surface area contributed by atoms with Gasteiger partial charge in [0.2, 0.25) is 0 Å². The van der Waals surface area contributed by atoms with Crippen molar-refractivity contribution in [2.45, 2.75) is 6.92 Å². The van der Waals surface area contributed by atoms with Crippen LogP contribution in [0, 0.1) is 6.92 Å². The van der Waals surface area contributed by atoms with Crippen molar-refractivity contribution in [1.82, 2.24) is 15.2 Å². The molecule has 0 atom stereocenters. The molecule has 2 heterocycles. The smallest absolute Gasteiger partial charge is 0.423 e. The normalized spacial score (nSPS) is 10.7. The first-order valence-electron chi connectivity index (χ1n) is 3.85. The van der Waals surface area contributed by atoms with Gasteiger partial charge in [-0.05, 0) is 6.92 Å². The van der Waals surface area contributed by atoms with Crippen molar-refractivity contribution in [3.05, 3.63) is 18.1 Å². The predicted octanol–water partition coefficient (Wildman–Crippen LogP) is -1.05. The summed E-state index contributed by atoms with van der Waals surface area (Å²) in [4.78, 5) is 4.01. The van der Waals surface area contributed by atoms with E-state index >= 15 is 0 Å². The van der Waals surface area contributed by atoms with Crippen molar-refractivity contribution in [2.75, 3.05) is 0 Å². The number of H-pyrrole nitrogens is 1. The molecule has 2 aromatic heterocycles. The minimum absolute atomic E-state index is 0.409. The third kappa shape index (κ3) is 1.20. The van der Waals surface area contributed by atoms with E-state index in [0.717, 1.165) is 0 Å². The highest BCUT2D eigenvalue weighted by Gasteiger charge is 2.19. The molecule has 2 aromatic rings. The zero-order chi connectivity index (χ0) is 9.42. The first-order chi connectivity index (χ1) is 6.20. The Morgan fingerprint density at radius 1 is 1.38 bits per heavy atom. The summed E-state index contributed by atoms with van der Waals surface area (Å²) in [6.07, 6.45) is 3.17. The Morgan fingerprint density at radius 3 is 2.85 bits per heavy atom. The molecule has 0 aliphatic carbocycles. The number of hydrogen-bond acceptors (Lipinski definition) is 4. The van der Waals surface area contributed by atoms with Crippen LogP contribution in [0.1, 0.15) is 5.69 Å². The van der Waals surface area contributed by atoms with Gasteiger partial charge in [0.15, 0.2) is 0 Å². The topological polar surface area (TPSA) is 82.0 Å². The Labute approximate surface area is 74.6 Å². The van der Waals surface area contributed by atoms with Gasteiger partial charge in [-0.3, -0.25) is 10.1 Å². The van der Waals surface area contributed by atoms with Crippen LogP contribution in [0.4, 0.5) is 0 Å². The summed E-state index contributed by atoms with van der Waals surface area (Å²) in [5.41, 5.74) is 1.71. The molecule has 0 amide bonds. The Morgan fingerprint density at radius 2 is 2.15 bits per heavy atom. The quantitative estimate of drug-likeness (QED) is 0.485. The maximum Gasteiger partial charge on any atom is 0.491 e. The zero-order valence-corrected chi connectivity index (χ0v) is 7.02. The van der Waals surface area contributed by atoms with Crippen LogP contribution in [0.3, 0.4) is 0 Å². The molecule has 66 valence electrons. The fourth-order valence-corrected chi connectivity index (χ4v) is 1.36. The molecule has 2 rings (SSSR count). The van der Waals surface area contributed by atoms with Crippen LogP contribution < -0.4 is 5.46 Å². The molecule has 5 nitrogen and oxygen atoms in total. The van der Waals surface area contributed by atoms with Crippen LogP contribution in [-0.4, -0.2) is 32.3 Å². The Balaban J connectivity index is 2.80. The van der Waals surface area contributed by atoms with Gasteiger partial charge in [-0.15, -0.1) is 0 Å². The molecular weight excluding hydrogens is 169 g/mol. The second kappa shape index (κ2) is 2.83. The summed E-state index contributed by atoms with van der Waals surface area (Å²) in [7, 11) is -1.51. The number of fused-ring (bicyclic) bond motifs is 1. The largest absolute Gasteiger partial charge is 0.491 e. The molecular formula is C7H8BN3O2. The molecule has 13 heavy (non-hydrogen) atoms. The summed E-state index contributed by atoms with van der Waals surface area (Å²) in [6.45, 7) is 1.72. The van der Waals surface area contributed by atoms with E-state index in [4.69, 9.17) is 10.0 Å². The molecule has 0 fully saturated rings. The first kappa shape index (κ1) is 8.21. The van der Waals surface area contributed by atoms with Crippen LogP contribution >= 0.6 is 0 Å². The standard InChI is InChI=1S/C7H8BN3O2/c1-4-7(8(12)13)5-2-10-11-6(5)3-9-4/h2-3,12-13H,1H3,(H,10,11). The van der Waals surface area contributed by atoms with Crippen LogP contribution in [-0.2, 0) is 0 Å². The van der Waals surface area contributed by atoms with Gasteiger partial charge in [-0.2, -0.15) is 5.10 Å². The molecule has 0 saturated heterocycles. The third-order valence-corrected chi connectivity index (χ3v) is 1.99. The summed E-state index contributed by atoms with van der Waals surface area (Å²) in [5.74, 6) is 0. The van der Waals surface area contributed by atoms with E-state index in [1.54, 1.807) is 19.3 Å². The molecule has 0 aliphatic rings. The molecule has 3 N–H and O–H groups in total. The van der Waals surface area contributed by atoms with Crippen molar-refractivity contribution in [3.63, 3.8) is 0 Å². The van der Waals surface area contributed by atoms with Crippen molar-refractivity contribution in [2.24, 2.45) is 0 Å². The van der Waals surface area contributed by atoms with Crippen LogP contribution in [0.15, 0.2) is 12.4 Å². The molecule has 0 spiro atoms. The highest BCUT2D eigenvalue weighted by Crippen LogP contribution is 2.07. The van der Waals surface area contributed by atoms with Crippen LogP contribution in [0.25, 0.3) is 10.9 Å². The number of aromatic nitrogens is 3. The number of hydrogen-bond donors (Lipinski definition) is 3. The van der Waals surface area contributed by atoms with Gasteiger partial charge in [0, 0.05) is 16.5 Å². The highest BCUT2D eigenvalue weighted by molar-refractivity contribution is 6.62. The number of pyridine rings is 1. The zero-order valence-electron chi connectivity index (χ0n) is 7.02. The molecule has 0 radical (unpaired) electrons. The molecule has 0 unspecified atom stereocenters. The summed E-state index contributed by atoms with van der Waals surface area (Å²) < 4.78 is 0. The average Bonchev–Trinajstić information content (AvgIpc) is 2.50. The number of aromatic amines is 1. The summed E-state index contributed by atoms with van der Waals surface area (Å²) in [6, 6.07) is 0. The number of nitrogens with zero attached hydrogens (tertiary/aromatic N) is 2. The average molecular weight is 177 g/mol. The Bertz CT molecular complexity index is 440. The first-order valence-corrected chi connectivity index (χ1v) is 3.85. The van der Waals surface area contributed by atoms with Gasteiger partial charge in [-0.1, -0.05) is 0 Å². The minimum atomic E-state index is -1.51. The molecule has 0 saturated carbocycles. The van der Waals surface area contributed by atoms with Crippen molar-refractivity contribution in [1.29, 1.82) is 0 Å². The van der Waals surface area contributed by atoms with E-state index in [0.29, 0.717) is 22.1 Å². The maximum atomic E-state index is 9.09. The second-order valence-electron chi connectivity index (χ2n) is 2.83. The number of rotatable bonds is 1. The molecule has 6 heteroatoms. The van der Waals surface area contributed by atoms with Gasteiger partial charge in [0.25, 0.3) is 0 Å². The summed E-state index contributed by atoms with van der Waals surface area (Å²) in [5, 5.41) is 25.4. The molecule has 0 aromatic carbocycles. The Kier molecular flexibility index (Phi) is 1.79. The van der Waals surface area contributed by atoms with Crippen molar-refractivity contribution < 1.29 is 10.0 Å². The lowest BCUT2D eigenvalue weighted by molar-refractivity contribution is 0.426. The van der Waals surface area contributed by atoms with Gasteiger partial charge < -0.3 is 10.0 Å². The van der Waals surface area contributed by atoms with E-state index in [9.17, 15) is 0 Å². The highest BCUT2D eigenvalue weighted by atomic mass is 16.4. The van der Waals surface area contributed by atoms with Gasteiger partial charge >= 0.3 is 7.12 Å². The van der Waals surface area contributed by atoms with Gasteiger partial charge in [-0.25, -0.2) is 0 Å². The monoisotopic (exact) mass is 177 g/mol.